The molecule has 3 rings (SSSR count). The summed E-state index contributed by atoms with van der Waals surface area (Å²) in [6.07, 6.45) is 0.919. The Bertz CT molecular complexity index is 566. The first-order valence-corrected chi connectivity index (χ1v) is 8.68. The molecule has 0 saturated carbocycles. The first kappa shape index (κ1) is 17.2. The maximum absolute atomic E-state index is 12.1. The van der Waals surface area contributed by atoms with Gasteiger partial charge in [-0.25, -0.2) is 0 Å². The van der Waals surface area contributed by atoms with E-state index >= 15 is 0 Å². The van der Waals surface area contributed by atoms with Crippen LogP contribution in [0, 0.1) is 5.92 Å². The van der Waals surface area contributed by atoms with Gasteiger partial charge in [0, 0.05) is 37.7 Å². The maximum atomic E-state index is 12.1. The third kappa shape index (κ3) is 4.06. The minimum absolute atomic E-state index is 0.0367. The topological polar surface area (TPSA) is 82.0 Å². The van der Waals surface area contributed by atoms with E-state index in [2.05, 4.69) is 28.4 Å². The van der Waals surface area contributed by atoms with Gasteiger partial charge in [-0.05, 0) is 24.5 Å². The van der Waals surface area contributed by atoms with E-state index in [1.54, 1.807) is 0 Å². The molecule has 24 heavy (non-hydrogen) atoms. The Hall–Kier alpha value is -1.63. The summed E-state index contributed by atoms with van der Waals surface area (Å²) in [5, 5.41) is 22.3. The number of anilines is 1. The number of benzene rings is 1. The summed E-state index contributed by atoms with van der Waals surface area (Å²) in [5.74, 6) is -0.293. The van der Waals surface area contributed by atoms with Gasteiger partial charge in [-0.3, -0.25) is 4.79 Å². The van der Waals surface area contributed by atoms with Crippen LogP contribution in [0.3, 0.4) is 0 Å². The highest BCUT2D eigenvalue weighted by Gasteiger charge is 2.31. The van der Waals surface area contributed by atoms with Gasteiger partial charge < -0.3 is 25.2 Å². The van der Waals surface area contributed by atoms with E-state index in [1.165, 1.54) is 11.3 Å². The van der Waals surface area contributed by atoms with Gasteiger partial charge in [-0.1, -0.05) is 18.2 Å². The number of para-hydroxylation sites is 1. The van der Waals surface area contributed by atoms with Crippen LogP contribution < -0.4 is 10.2 Å². The van der Waals surface area contributed by atoms with Crippen LogP contribution in [0.2, 0.25) is 0 Å². The third-order valence-electron chi connectivity index (χ3n) is 4.87. The number of aryl methyl sites for hydroxylation is 1. The van der Waals surface area contributed by atoms with E-state index in [1.807, 2.05) is 6.07 Å². The van der Waals surface area contributed by atoms with Crippen LogP contribution in [-0.2, 0) is 16.0 Å². The van der Waals surface area contributed by atoms with Crippen LogP contribution in [0.4, 0.5) is 5.69 Å². The Morgan fingerprint density at radius 1 is 1.29 bits per heavy atom. The summed E-state index contributed by atoms with van der Waals surface area (Å²) < 4.78 is 5.22. The second-order valence-electron chi connectivity index (χ2n) is 6.63. The average molecular weight is 334 g/mol. The van der Waals surface area contributed by atoms with Crippen molar-refractivity contribution < 1.29 is 19.7 Å². The van der Waals surface area contributed by atoms with Crippen molar-refractivity contribution in [2.24, 2.45) is 5.92 Å². The summed E-state index contributed by atoms with van der Waals surface area (Å²) in [4.78, 5) is 14.4. The molecule has 0 aliphatic carbocycles. The van der Waals surface area contributed by atoms with Gasteiger partial charge in [-0.15, -0.1) is 0 Å². The van der Waals surface area contributed by atoms with Crippen molar-refractivity contribution >= 4 is 11.6 Å². The van der Waals surface area contributed by atoms with Gasteiger partial charge in [-0.2, -0.15) is 0 Å². The SMILES string of the molecule is O=C(CCN1CCCc2ccccc21)NC[C@@H]1COC[C@@H](O)[C@H]1O. The minimum Gasteiger partial charge on any atom is -0.390 e. The molecule has 1 aromatic carbocycles. The molecule has 132 valence electrons. The minimum atomic E-state index is -0.870. The molecule has 0 unspecified atom stereocenters. The normalized spacial score (nSPS) is 26.8. The summed E-state index contributed by atoms with van der Waals surface area (Å²) in [5.41, 5.74) is 2.58. The van der Waals surface area contributed by atoms with Crippen molar-refractivity contribution in [2.75, 3.05) is 37.7 Å². The molecule has 2 aliphatic heterocycles. The number of hydrogen-bond donors (Lipinski definition) is 3. The number of aliphatic hydroxyl groups excluding tert-OH is 2. The molecule has 2 aliphatic rings. The second kappa shape index (κ2) is 7.96. The van der Waals surface area contributed by atoms with Crippen molar-refractivity contribution in [1.82, 2.24) is 5.32 Å². The maximum Gasteiger partial charge on any atom is 0.221 e. The van der Waals surface area contributed by atoms with Gasteiger partial charge in [0.2, 0.25) is 5.91 Å². The number of aliphatic hydroxyl groups is 2. The predicted molar refractivity (Wildman–Crippen MR) is 90.9 cm³/mol. The Labute approximate surface area is 142 Å². The zero-order chi connectivity index (χ0) is 16.9. The molecule has 1 aromatic rings. The molecule has 6 heteroatoms. The van der Waals surface area contributed by atoms with Crippen LogP contribution in [0.15, 0.2) is 24.3 Å². The average Bonchev–Trinajstić information content (AvgIpc) is 2.61. The predicted octanol–water partition coefficient (Wildman–Crippen LogP) is 0.314. The van der Waals surface area contributed by atoms with E-state index < -0.39 is 12.2 Å². The summed E-state index contributed by atoms with van der Waals surface area (Å²) in [6, 6.07) is 8.36. The highest BCUT2D eigenvalue weighted by Crippen LogP contribution is 2.26. The van der Waals surface area contributed by atoms with Gasteiger partial charge in [0.05, 0.1) is 19.3 Å². The van der Waals surface area contributed by atoms with Crippen molar-refractivity contribution in [3.05, 3.63) is 29.8 Å². The molecule has 0 bridgehead atoms. The van der Waals surface area contributed by atoms with E-state index in [0.717, 1.165) is 19.4 Å². The number of hydrogen-bond acceptors (Lipinski definition) is 5. The Kier molecular flexibility index (Phi) is 5.71. The zero-order valence-corrected chi connectivity index (χ0v) is 13.9. The monoisotopic (exact) mass is 334 g/mol. The molecule has 1 fully saturated rings. The van der Waals surface area contributed by atoms with E-state index in [-0.39, 0.29) is 18.4 Å². The number of carbonyl (C=O) groups is 1. The van der Waals surface area contributed by atoms with Crippen molar-refractivity contribution in [1.29, 1.82) is 0 Å². The fourth-order valence-corrected chi connectivity index (χ4v) is 3.44. The number of carbonyl (C=O) groups excluding carboxylic acids is 1. The highest BCUT2D eigenvalue weighted by molar-refractivity contribution is 5.76. The molecule has 2 heterocycles. The lowest BCUT2D eigenvalue weighted by Gasteiger charge is -2.32. The van der Waals surface area contributed by atoms with Crippen molar-refractivity contribution in [3.63, 3.8) is 0 Å². The van der Waals surface area contributed by atoms with Crippen LogP contribution >= 0.6 is 0 Å². The largest absolute Gasteiger partial charge is 0.390 e. The summed E-state index contributed by atoms with van der Waals surface area (Å²) >= 11 is 0. The first-order valence-electron chi connectivity index (χ1n) is 8.68. The first-order chi connectivity index (χ1) is 11.6. The molecule has 0 radical (unpaired) electrons. The fourth-order valence-electron chi connectivity index (χ4n) is 3.44. The van der Waals surface area contributed by atoms with Crippen LogP contribution in [0.1, 0.15) is 18.4 Å². The van der Waals surface area contributed by atoms with Crippen LogP contribution in [-0.4, -0.2) is 61.2 Å². The Morgan fingerprint density at radius 3 is 3.00 bits per heavy atom. The number of amides is 1. The quantitative estimate of drug-likeness (QED) is 0.722. The molecular weight excluding hydrogens is 308 g/mol. The summed E-state index contributed by atoms with van der Waals surface area (Å²) in [7, 11) is 0. The van der Waals surface area contributed by atoms with Gasteiger partial charge in [0.25, 0.3) is 0 Å². The smallest absolute Gasteiger partial charge is 0.221 e. The lowest BCUT2D eigenvalue weighted by molar-refractivity contribution is -0.128. The van der Waals surface area contributed by atoms with Gasteiger partial charge in [0.15, 0.2) is 0 Å². The Morgan fingerprint density at radius 2 is 2.12 bits per heavy atom. The van der Waals surface area contributed by atoms with Gasteiger partial charge in [0.1, 0.15) is 6.10 Å². The molecule has 1 saturated heterocycles. The number of nitrogens with one attached hydrogen (secondary N) is 1. The third-order valence-corrected chi connectivity index (χ3v) is 4.87. The van der Waals surface area contributed by atoms with Crippen molar-refractivity contribution in [3.8, 4) is 0 Å². The molecule has 3 atom stereocenters. The number of rotatable bonds is 5. The molecule has 0 spiro atoms. The van der Waals surface area contributed by atoms with E-state index in [0.29, 0.717) is 26.1 Å². The van der Waals surface area contributed by atoms with E-state index in [4.69, 9.17) is 4.74 Å². The molecule has 1 amide bonds. The van der Waals surface area contributed by atoms with Crippen molar-refractivity contribution in [2.45, 2.75) is 31.5 Å². The number of fused-ring (bicyclic) bond motifs is 1. The number of ether oxygens (including phenoxy) is 1. The molecule has 3 N–H and O–H groups in total. The lowest BCUT2D eigenvalue weighted by atomic mass is 9.96. The highest BCUT2D eigenvalue weighted by atomic mass is 16.5. The fraction of sp³-hybridized carbons (Fsp3) is 0.611. The second-order valence-corrected chi connectivity index (χ2v) is 6.63. The van der Waals surface area contributed by atoms with Crippen LogP contribution in [0.5, 0.6) is 0 Å². The molecule has 6 nitrogen and oxygen atoms in total. The Balaban J connectivity index is 1.45. The standard InChI is InChI=1S/C18H26N2O4/c21-16-12-24-11-14(18(16)23)10-19-17(22)7-9-20-8-3-5-13-4-1-2-6-15(13)20/h1-2,4,6,14,16,18,21,23H,3,5,7-12H2,(H,19,22)/t14-,16-,18+/m1/s1. The number of nitrogens with zero attached hydrogens (tertiary/aromatic N) is 1. The molecule has 0 aromatic heterocycles. The van der Waals surface area contributed by atoms with Gasteiger partial charge >= 0.3 is 0 Å². The van der Waals surface area contributed by atoms with E-state index in [9.17, 15) is 15.0 Å². The lowest BCUT2D eigenvalue weighted by Crippen LogP contribution is -2.48. The molecular formula is C18H26N2O4. The zero-order valence-electron chi connectivity index (χ0n) is 13.9. The van der Waals surface area contributed by atoms with Crippen LogP contribution in [0.25, 0.3) is 0 Å². The summed E-state index contributed by atoms with van der Waals surface area (Å²) in [6.45, 7) is 2.51.